The van der Waals surface area contributed by atoms with Gasteiger partial charge in [0.1, 0.15) is 14.8 Å². The number of carbonyl (C=O) groups excluding carboxylic acids is 1. The molecule has 0 saturated carbocycles. The molecule has 0 N–H and O–H groups in total. The van der Waals surface area contributed by atoms with Crippen molar-refractivity contribution in [1.29, 1.82) is 0 Å². The Kier molecular flexibility index (Phi) is 3.71. The van der Waals surface area contributed by atoms with Gasteiger partial charge in [-0.2, -0.15) is 0 Å². The van der Waals surface area contributed by atoms with Gasteiger partial charge >= 0.3 is 0 Å². The van der Waals surface area contributed by atoms with Crippen LogP contribution in [0.4, 0.5) is 0 Å². The van der Waals surface area contributed by atoms with Gasteiger partial charge in [-0.3, -0.25) is 4.79 Å². The standard InChI is InChI=1S/C7H13ClO2S/c1-5(2)6(9)7(3,4)11(8)10/h5H,1-4H3. The molecule has 0 bridgehead atoms. The highest BCUT2D eigenvalue weighted by atomic mass is 35.7. The lowest BCUT2D eigenvalue weighted by molar-refractivity contribution is -0.123. The lowest BCUT2D eigenvalue weighted by Crippen LogP contribution is -2.37. The van der Waals surface area contributed by atoms with E-state index in [1.807, 2.05) is 0 Å². The van der Waals surface area contributed by atoms with Gasteiger partial charge in [0.05, 0.1) is 0 Å². The van der Waals surface area contributed by atoms with Crippen LogP contribution in [-0.4, -0.2) is 14.7 Å². The third kappa shape index (κ3) is 2.56. The summed E-state index contributed by atoms with van der Waals surface area (Å²) >= 11 is 0. The molecule has 0 spiro atoms. The Labute approximate surface area is 74.3 Å². The summed E-state index contributed by atoms with van der Waals surface area (Å²) in [7, 11) is 3.76. The molecule has 0 aliphatic carbocycles. The molecule has 0 heterocycles. The van der Waals surface area contributed by atoms with Gasteiger partial charge in [0.2, 0.25) is 0 Å². The molecule has 66 valence electrons. The molecule has 0 fully saturated rings. The quantitative estimate of drug-likeness (QED) is 0.647. The van der Waals surface area contributed by atoms with E-state index in [4.69, 9.17) is 10.7 Å². The number of ketones is 1. The van der Waals surface area contributed by atoms with Gasteiger partial charge in [-0.15, -0.1) is 0 Å². The first kappa shape index (κ1) is 11.1. The van der Waals surface area contributed by atoms with Crippen LogP contribution in [0, 0.1) is 5.92 Å². The minimum Gasteiger partial charge on any atom is -0.298 e. The average Bonchev–Trinajstić information content (AvgIpc) is 1.85. The third-order valence-corrected chi connectivity index (χ3v) is 3.68. The normalized spacial score (nSPS) is 15.1. The first-order valence-corrected chi connectivity index (χ1v) is 5.40. The van der Waals surface area contributed by atoms with E-state index in [0.29, 0.717) is 0 Å². The molecule has 0 aromatic rings. The number of rotatable bonds is 3. The summed E-state index contributed by atoms with van der Waals surface area (Å²) in [5, 5.41) is 0. The Hall–Kier alpha value is 0.110. The molecule has 0 amide bonds. The number of halogens is 1. The van der Waals surface area contributed by atoms with Gasteiger partial charge in [-0.05, 0) is 24.5 Å². The van der Waals surface area contributed by atoms with Crippen LogP contribution < -0.4 is 0 Å². The van der Waals surface area contributed by atoms with Crippen molar-refractivity contribution >= 4 is 26.5 Å². The van der Waals surface area contributed by atoms with Crippen molar-refractivity contribution in [2.24, 2.45) is 5.92 Å². The molecular formula is C7H13ClO2S. The van der Waals surface area contributed by atoms with Crippen LogP contribution in [0.25, 0.3) is 0 Å². The van der Waals surface area contributed by atoms with E-state index in [-0.39, 0.29) is 11.7 Å². The third-order valence-electron chi connectivity index (χ3n) is 1.52. The van der Waals surface area contributed by atoms with E-state index in [0.717, 1.165) is 0 Å². The zero-order valence-corrected chi connectivity index (χ0v) is 8.75. The molecular weight excluding hydrogens is 184 g/mol. The van der Waals surface area contributed by atoms with Crippen LogP contribution in [0.15, 0.2) is 0 Å². The van der Waals surface area contributed by atoms with Crippen LogP contribution >= 0.6 is 10.7 Å². The molecule has 0 rings (SSSR count). The molecule has 11 heavy (non-hydrogen) atoms. The second-order valence-corrected chi connectivity index (χ2v) is 5.56. The predicted octanol–water partition coefficient (Wildman–Crippen LogP) is 1.89. The highest BCUT2D eigenvalue weighted by molar-refractivity contribution is 8.10. The van der Waals surface area contributed by atoms with Gasteiger partial charge in [0.15, 0.2) is 5.78 Å². The Morgan fingerprint density at radius 2 is 1.82 bits per heavy atom. The monoisotopic (exact) mass is 196 g/mol. The summed E-state index contributed by atoms with van der Waals surface area (Å²) in [6.07, 6.45) is 0. The topological polar surface area (TPSA) is 34.1 Å². The fourth-order valence-corrected chi connectivity index (χ4v) is 1.40. The van der Waals surface area contributed by atoms with Gasteiger partial charge in [-0.1, -0.05) is 13.8 Å². The molecule has 0 aromatic carbocycles. The largest absolute Gasteiger partial charge is 0.298 e. The smallest absolute Gasteiger partial charge is 0.154 e. The summed E-state index contributed by atoms with van der Waals surface area (Å²) in [5.74, 6) is -0.182. The van der Waals surface area contributed by atoms with Crippen molar-refractivity contribution < 1.29 is 9.00 Å². The van der Waals surface area contributed by atoms with Crippen molar-refractivity contribution in [2.45, 2.75) is 32.4 Å². The number of carbonyl (C=O) groups is 1. The van der Waals surface area contributed by atoms with Crippen LogP contribution in [0.5, 0.6) is 0 Å². The Bertz CT molecular complexity index is 187. The van der Waals surface area contributed by atoms with E-state index >= 15 is 0 Å². The molecule has 0 saturated heterocycles. The first-order chi connectivity index (χ1) is 4.80. The number of hydrogen-bond donors (Lipinski definition) is 0. The lowest BCUT2D eigenvalue weighted by Gasteiger charge is -2.20. The predicted molar refractivity (Wildman–Crippen MR) is 47.9 cm³/mol. The summed E-state index contributed by atoms with van der Waals surface area (Å²) in [5.41, 5.74) is 0. The molecule has 2 nitrogen and oxygen atoms in total. The SMILES string of the molecule is CC(C)C(=O)C(C)(C)S(=O)Cl. The fraction of sp³-hybridized carbons (Fsp3) is 0.857. The second kappa shape index (κ2) is 3.68. The molecule has 0 aromatic heterocycles. The summed E-state index contributed by atoms with van der Waals surface area (Å²) in [6, 6.07) is 0. The molecule has 1 atom stereocenters. The maximum absolute atomic E-state index is 11.3. The molecule has 0 aliphatic rings. The highest BCUT2D eigenvalue weighted by Gasteiger charge is 2.34. The number of Topliss-reactive ketones (excluding diaryl/α,β-unsaturated/α-hetero) is 1. The van der Waals surface area contributed by atoms with Crippen molar-refractivity contribution in [1.82, 2.24) is 0 Å². The lowest BCUT2D eigenvalue weighted by atomic mass is 9.98. The van der Waals surface area contributed by atoms with E-state index in [1.54, 1.807) is 27.7 Å². The zero-order valence-electron chi connectivity index (χ0n) is 7.18. The van der Waals surface area contributed by atoms with Gasteiger partial charge < -0.3 is 0 Å². The molecule has 0 radical (unpaired) electrons. The number of hydrogen-bond acceptors (Lipinski definition) is 2. The minimum absolute atomic E-state index is 0.0640. The maximum Gasteiger partial charge on any atom is 0.154 e. The minimum atomic E-state index is -1.60. The van der Waals surface area contributed by atoms with Crippen LogP contribution in [0.2, 0.25) is 0 Å². The van der Waals surface area contributed by atoms with Crippen molar-refractivity contribution in [3.8, 4) is 0 Å². The van der Waals surface area contributed by atoms with Crippen molar-refractivity contribution in [3.63, 3.8) is 0 Å². The van der Waals surface area contributed by atoms with Gasteiger partial charge in [0, 0.05) is 5.92 Å². The molecule has 1 unspecified atom stereocenters. The second-order valence-electron chi connectivity index (χ2n) is 3.25. The Morgan fingerprint density at radius 3 is 1.91 bits per heavy atom. The van der Waals surface area contributed by atoms with E-state index in [2.05, 4.69) is 0 Å². The van der Waals surface area contributed by atoms with Crippen LogP contribution in [-0.2, 0) is 14.8 Å². The zero-order chi connectivity index (χ0) is 9.23. The summed E-state index contributed by atoms with van der Waals surface area (Å²) in [4.78, 5) is 11.3. The Morgan fingerprint density at radius 1 is 1.45 bits per heavy atom. The molecule has 0 aliphatic heterocycles. The van der Waals surface area contributed by atoms with Crippen molar-refractivity contribution in [3.05, 3.63) is 0 Å². The molecule has 4 heteroatoms. The van der Waals surface area contributed by atoms with Crippen LogP contribution in [0.3, 0.4) is 0 Å². The van der Waals surface area contributed by atoms with E-state index < -0.39 is 14.8 Å². The first-order valence-electron chi connectivity index (χ1n) is 3.42. The van der Waals surface area contributed by atoms with Crippen molar-refractivity contribution in [2.75, 3.05) is 0 Å². The summed E-state index contributed by atoms with van der Waals surface area (Å²) < 4.78 is 9.95. The Balaban J connectivity index is 4.56. The fourth-order valence-electron chi connectivity index (χ4n) is 0.774. The average molecular weight is 197 g/mol. The van der Waals surface area contributed by atoms with Gasteiger partial charge in [-0.25, -0.2) is 4.21 Å². The van der Waals surface area contributed by atoms with E-state index in [1.165, 1.54) is 0 Å². The summed E-state index contributed by atoms with van der Waals surface area (Å²) in [6.45, 7) is 6.73. The van der Waals surface area contributed by atoms with E-state index in [9.17, 15) is 9.00 Å². The maximum atomic E-state index is 11.3. The highest BCUT2D eigenvalue weighted by Crippen LogP contribution is 2.21. The van der Waals surface area contributed by atoms with Gasteiger partial charge in [0.25, 0.3) is 0 Å². The van der Waals surface area contributed by atoms with Crippen LogP contribution in [0.1, 0.15) is 27.7 Å².